The van der Waals surface area contributed by atoms with Gasteiger partial charge in [-0.25, -0.2) is 4.79 Å². The molecule has 0 saturated carbocycles. The monoisotopic (exact) mass is 316 g/mol. The van der Waals surface area contributed by atoms with Gasteiger partial charge in [-0.15, -0.1) is 0 Å². The van der Waals surface area contributed by atoms with Crippen molar-refractivity contribution >= 4 is 28.3 Å². The Labute approximate surface area is 134 Å². The Hall–Kier alpha value is -2.60. The number of nitrogens with two attached hydrogens (primary N) is 1. The molecule has 0 aliphatic rings. The molecule has 0 fully saturated rings. The Kier molecular flexibility index (Phi) is 5.18. The first-order valence-corrected chi connectivity index (χ1v) is 7.17. The number of amides is 1. The summed E-state index contributed by atoms with van der Waals surface area (Å²) in [6.45, 7) is 1.67. The molecule has 0 spiro atoms. The van der Waals surface area contributed by atoms with E-state index in [0.717, 1.165) is 10.8 Å². The lowest BCUT2D eigenvalue weighted by atomic mass is 10.0. The Balaban J connectivity index is 2.32. The zero-order valence-corrected chi connectivity index (χ0v) is 13.3. The summed E-state index contributed by atoms with van der Waals surface area (Å²) < 4.78 is 9.83. The highest BCUT2D eigenvalue weighted by Gasteiger charge is 2.28. The van der Waals surface area contributed by atoms with Gasteiger partial charge in [-0.05, 0) is 29.8 Å². The fraction of sp³-hybridized carbons (Fsp3) is 0.294. The maximum absolute atomic E-state index is 12.5. The molecule has 2 atom stereocenters. The van der Waals surface area contributed by atoms with Crippen LogP contribution in [-0.2, 0) is 14.3 Å². The van der Waals surface area contributed by atoms with Gasteiger partial charge in [0.2, 0.25) is 0 Å². The third-order valence-corrected chi connectivity index (χ3v) is 3.75. The van der Waals surface area contributed by atoms with Gasteiger partial charge in [-0.3, -0.25) is 4.79 Å². The number of carbonyl (C=O) groups is 2. The number of nitrogens with one attached hydrogen (secondary N) is 1. The molecule has 6 heteroatoms. The van der Waals surface area contributed by atoms with Gasteiger partial charge in [-0.1, -0.05) is 24.3 Å². The number of hydrogen-bond acceptors (Lipinski definition) is 5. The molecule has 2 aromatic rings. The molecule has 0 bridgehead atoms. The van der Waals surface area contributed by atoms with Gasteiger partial charge in [0.15, 0.2) is 6.04 Å². The van der Waals surface area contributed by atoms with Crippen LogP contribution in [-0.4, -0.2) is 38.2 Å². The van der Waals surface area contributed by atoms with Crippen molar-refractivity contribution < 1.29 is 19.1 Å². The number of hydrogen-bond donors (Lipinski definition) is 2. The molecule has 0 aromatic heterocycles. The van der Waals surface area contributed by atoms with Gasteiger partial charge >= 0.3 is 5.97 Å². The minimum atomic E-state index is -0.914. The second kappa shape index (κ2) is 7.11. The Morgan fingerprint density at radius 2 is 1.74 bits per heavy atom. The van der Waals surface area contributed by atoms with Crippen molar-refractivity contribution in [2.75, 3.05) is 20.0 Å². The predicted octanol–water partition coefficient (Wildman–Crippen LogP) is 1.73. The maximum atomic E-state index is 12.5. The van der Waals surface area contributed by atoms with Crippen LogP contribution in [0.3, 0.4) is 0 Å². The molecule has 2 aromatic carbocycles. The van der Waals surface area contributed by atoms with E-state index in [1.54, 1.807) is 19.1 Å². The molecule has 0 aliphatic heterocycles. The molecule has 6 nitrogen and oxygen atoms in total. The number of benzene rings is 2. The van der Waals surface area contributed by atoms with Crippen LogP contribution in [0, 0.1) is 0 Å². The van der Waals surface area contributed by atoms with Crippen LogP contribution in [0.4, 0.5) is 5.69 Å². The maximum Gasteiger partial charge on any atom is 0.331 e. The summed E-state index contributed by atoms with van der Waals surface area (Å²) in [5.41, 5.74) is 6.62. The van der Waals surface area contributed by atoms with Crippen molar-refractivity contribution in [1.29, 1.82) is 0 Å². The van der Waals surface area contributed by atoms with Crippen LogP contribution < -0.4 is 11.1 Å². The highest BCUT2D eigenvalue weighted by molar-refractivity contribution is 6.05. The van der Waals surface area contributed by atoms with Crippen molar-refractivity contribution in [2.24, 2.45) is 0 Å². The highest BCUT2D eigenvalue weighted by Crippen LogP contribution is 2.22. The Morgan fingerprint density at radius 3 is 2.30 bits per heavy atom. The number of nitrogen functional groups attached to an aromatic ring is 1. The van der Waals surface area contributed by atoms with Crippen molar-refractivity contribution in [2.45, 2.75) is 19.1 Å². The number of esters is 1. The third-order valence-electron chi connectivity index (χ3n) is 3.75. The molecule has 1 amide bonds. The number of rotatable bonds is 5. The average molecular weight is 316 g/mol. The van der Waals surface area contributed by atoms with E-state index in [9.17, 15) is 9.59 Å². The molecular formula is C17H20N2O4. The molecular weight excluding hydrogens is 296 g/mol. The molecule has 0 heterocycles. The third kappa shape index (κ3) is 3.60. The van der Waals surface area contributed by atoms with Crippen LogP contribution in [0.15, 0.2) is 36.4 Å². The van der Waals surface area contributed by atoms with Crippen LogP contribution in [0.1, 0.15) is 17.3 Å². The van der Waals surface area contributed by atoms with Crippen molar-refractivity contribution in [1.82, 2.24) is 5.32 Å². The second-order valence-electron chi connectivity index (χ2n) is 5.20. The quantitative estimate of drug-likeness (QED) is 0.647. The fourth-order valence-corrected chi connectivity index (χ4v) is 2.30. The van der Waals surface area contributed by atoms with Crippen LogP contribution >= 0.6 is 0 Å². The summed E-state index contributed by atoms with van der Waals surface area (Å²) in [5, 5.41) is 4.45. The Bertz CT molecular complexity index is 730. The van der Waals surface area contributed by atoms with Crippen LogP contribution in [0.5, 0.6) is 0 Å². The summed E-state index contributed by atoms with van der Waals surface area (Å²) in [6.07, 6.45) is -0.534. The largest absolute Gasteiger partial charge is 0.467 e. The van der Waals surface area contributed by atoms with E-state index in [1.165, 1.54) is 14.2 Å². The molecule has 0 saturated heterocycles. The number of carbonyl (C=O) groups excluding carboxylic acids is 2. The summed E-state index contributed by atoms with van der Waals surface area (Å²) in [6, 6.07) is 10.1. The predicted molar refractivity (Wildman–Crippen MR) is 88.1 cm³/mol. The van der Waals surface area contributed by atoms with Crippen LogP contribution in [0.25, 0.3) is 10.8 Å². The van der Waals surface area contributed by atoms with Crippen molar-refractivity contribution in [3.63, 3.8) is 0 Å². The van der Waals surface area contributed by atoms with E-state index in [1.807, 2.05) is 24.3 Å². The number of ether oxygens (including phenoxy) is 2. The average Bonchev–Trinajstić information content (AvgIpc) is 2.57. The van der Waals surface area contributed by atoms with E-state index in [4.69, 9.17) is 15.2 Å². The van der Waals surface area contributed by atoms with E-state index < -0.39 is 24.0 Å². The van der Waals surface area contributed by atoms with Gasteiger partial charge in [0.05, 0.1) is 18.8 Å². The number of anilines is 1. The van der Waals surface area contributed by atoms with Gasteiger partial charge in [0.1, 0.15) is 0 Å². The molecule has 2 rings (SSSR count). The molecule has 23 heavy (non-hydrogen) atoms. The highest BCUT2D eigenvalue weighted by atomic mass is 16.5. The molecule has 122 valence electrons. The minimum Gasteiger partial charge on any atom is -0.467 e. The van der Waals surface area contributed by atoms with Crippen LogP contribution in [0.2, 0.25) is 0 Å². The van der Waals surface area contributed by atoms with E-state index in [2.05, 4.69) is 5.32 Å². The standard InChI is InChI=1S/C17H20N2O4/c1-10(22-2)15(17(21)23-3)19-16(20)13-8-11-6-4-5-7-12(11)9-14(13)18/h4-10,15H,18H2,1-3H3,(H,19,20)/t10?,15-/m0/s1. The first-order valence-electron chi connectivity index (χ1n) is 7.17. The molecule has 0 radical (unpaired) electrons. The summed E-state index contributed by atoms with van der Waals surface area (Å²) in [5.74, 6) is -1.03. The minimum absolute atomic E-state index is 0.306. The zero-order chi connectivity index (χ0) is 17.0. The van der Waals surface area contributed by atoms with Crippen molar-refractivity contribution in [3.05, 3.63) is 42.0 Å². The molecule has 1 unspecified atom stereocenters. The first-order chi connectivity index (χ1) is 11.0. The van der Waals surface area contributed by atoms with Gasteiger partial charge in [0, 0.05) is 12.8 Å². The molecule has 0 aliphatic carbocycles. The first kappa shape index (κ1) is 16.8. The molecule has 3 N–H and O–H groups in total. The van der Waals surface area contributed by atoms with Gasteiger partial charge in [-0.2, -0.15) is 0 Å². The SMILES string of the molecule is COC(=O)[C@@H](NC(=O)c1cc2ccccc2cc1N)C(C)OC. The van der Waals surface area contributed by atoms with E-state index in [-0.39, 0.29) is 0 Å². The van der Waals surface area contributed by atoms with E-state index in [0.29, 0.717) is 11.3 Å². The smallest absolute Gasteiger partial charge is 0.331 e. The van der Waals surface area contributed by atoms with Crippen molar-refractivity contribution in [3.8, 4) is 0 Å². The number of fused-ring (bicyclic) bond motifs is 1. The zero-order valence-electron chi connectivity index (χ0n) is 13.3. The summed E-state index contributed by atoms with van der Waals surface area (Å²) >= 11 is 0. The normalized spacial score (nSPS) is 13.3. The van der Waals surface area contributed by atoms with Gasteiger partial charge in [0.25, 0.3) is 5.91 Å². The Morgan fingerprint density at radius 1 is 1.13 bits per heavy atom. The van der Waals surface area contributed by atoms with E-state index >= 15 is 0 Å². The van der Waals surface area contributed by atoms with Gasteiger partial charge < -0.3 is 20.5 Å². The topological polar surface area (TPSA) is 90.7 Å². The lowest BCUT2D eigenvalue weighted by Crippen LogP contribution is -2.49. The lowest BCUT2D eigenvalue weighted by Gasteiger charge is -2.22. The second-order valence-corrected chi connectivity index (χ2v) is 5.20. The fourth-order valence-electron chi connectivity index (χ4n) is 2.30. The summed E-state index contributed by atoms with van der Waals surface area (Å²) in [4.78, 5) is 24.3. The summed E-state index contributed by atoms with van der Waals surface area (Å²) in [7, 11) is 2.71. The lowest BCUT2D eigenvalue weighted by molar-refractivity contribution is -0.146. The number of methoxy groups -OCH3 is 2.